The minimum absolute atomic E-state index is 0.196. The topological polar surface area (TPSA) is 65.0 Å². The molecule has 17 heavy (non-hydrogen) atoms. The Kier molecular flexibility index (Phi) is 3.14. The van der Waals surface area contributed by atoms with E-state index in [9.17, 15) is 4.79 Å². The molecule has 0 unspecified atom stereocenters. The van der Waals surface area contributed by atoms with Crippen LogP contribution in [0.5, 0.6) is 5.88 Å². The summed E-state index contributed by atoms with van der Waals surface area (Å²) in [6.45, 7) is 3.67. The number of carbonyl (C=O) groups excluding carboxylic acids is 1. The first kappa shape index (κ1) is 11.7. The molecule has 0 aliphatic rings. The molecule has 0 amide bonds. The van der Waals surface area contributed by atoms with E-state index in [-0.39, 0.29) is 17.4 Å². The van der Waals surface area contributed by atoms with Gasteiger partial charge in [-0.15, -0.1) is 11.3 Å². The van der Waals surface area contributed by atoms with E-state index in [1.807, 2.05) is 6.92 Å². The van der Waals surface area contributed by atoms with Gasteiger partial charge < -0.3 is 4.74 Å². The maximum atomic E-state index is 12.2. The van der Waals surface area contributed by atoms with Crippen molar-refractivity contribution in [1.82, 2.24) is 15.0 Å². The van der Waals surface area contributed by atoms with E-state index in [0.29, 0.717) is 10.6 Å². The SMILES string of the molecule is COc1nccnc1C(=O)c1sc(C)nc1C. The number of ether oxygens (including phenoxy) is 1. The van der Waals surface area contributed by atoms with Crippen LogP contribution in [0.4, 0.5) is 0 Å². The van der Waals surface area contributed by atoms with Crippen molar-refractivity contribution in [1.29, 1.82) is 0 Å². The molecule has 0 bridgehead atoms. The predicted molar refractivity (Wildman–Crippen MR) is 63.6 cm³/mol. The maximum Gasteiger partial charge on any atom is 0.243 e. The molecule has 2 aromatic rings. The molecule has 0 aliphatic heterocycles. The third kappa shape index (κ3) is 2.16. The minimum Gasteiger partial charge on any atom is -0.479 e. The molecule has 0 fully saturated rings. The highest BCUT2D eigenvalue weighted by atomic mass is 32.1. The van der Waals surface area contributed by atoms with Crippen LogP contribution in [-0.2, 0) is 0 Å². The van der Waals surface area contributed by atoms with Gasteiger partial charge in [-0.2, -0.15) is 0 Å². The number of aromatic nitrogens is 3. The van der Waals surface area contributed by atoms with E-state index in [2.05, 4.69) is 15.0 Å². The zero-order valence-corrected chi connectivity index (χ0v) is 10.5. The second-order valence-electron chi connectivity index (χ2n) is 3.39. The Bertz CT molecular complexity index is 566. The predicted octanol–water partition coefficient (Wildman–Crippen LogP) is 1.79. The number of hydrogen-bond donors (Lipinski definition) is 0. The highest BCUT2D eigenvalue weighted by Crippen LogP contribution is 2.23. The van der Waals surface area contributed by atoms with Gasteiger partial charge in [0.25, 0.3) is 0 Å². The zero-order valence-electron chi connectivity index (χ0n) is 9.72. The van der Waals surface area contributed by atoms with Crippen LogP contribution in [0.1, 0.15) is 26.1 Å². The molecule has 88 valence electrons. The van der Waals surface area contributed by atoms with Gasteiger partial charge in [0.2, 0.25) is 11.7 Å². The first-order chi connectivity index (χ1) is 8.13. The third-order valence-corrected chi connectivity index (χ3v) is 3.25. The van der Waals surface area contributed by atoms with Gasteiger partial charge in [0.15, 0.2) is 5.69 Å². The van der Waals surface area contributed by atoms with Crippen molar-refractivity contribution in [2.24, 2.45) is 0 Å². The van der Waals surface area contributed by atoms with E-state index in [0.717, 1.165) is 5.01 Å². The summed E-state index contributed by atoms with van der Waals surface area (Å²) in [4.78, 5) is 25.0. The Balaban J connectivity index is 2.47. The highest BCUT2D eigenvalue weighted by Gasteiger charge is 2.21. The molecule has 2 aromatic heterocycles. The van der Waals surface area contributed by atoms with E-state index < -0.39 is 0 Å². The van der Waals surface area contributed by atoms with E-state index in [1.165, 1.54) is 30.8 Å². The largest absolute Gasteiger partial charge is 0.479 e. The molecule has 0 atom stereocenters. The molecular formula is C11H11N3O2S. The smallest absolute Gasteiger partial charge is 0.243 e. The molecule has 0 spiro atoms. The van der Waals surface area contributed by atoms with Gasteiger partial charge in [-0.1, -0.05) is 0 Å². The fourth-order valence-electron chi connectivity index (χ4n) is 1.48. The number of nitrogens with zero attached hydrogens (tertiary/aromatic N) is 3. The summed E-state index contributed by atoms with van der Waals surface area (Å²) in [5.74, 6) is 0.0426. The summed E-state index contributed by atoms with van der Waals surface area (Å²) in [5, 5.41) is 0.855. The lowest BCUT2D eigenvalue weighted by Gasteiger charge is -2.03. The van der Waals surface area contributed by atoms with Gasteiger partial charge in [-0.25, -0.2) is 15.0 Å². The average Bonchev–Trinajstić information content (AvgIpc) is 2.67. The van der Waals surface area contributed by atoms with Gasteiger partial charge >= 0.3 is 0 Å². The van der Waals surface area contributed by atoms with E-state index in [1.54, 1.807) is 6.92 Å². The Morgan fingerprint density at radius 2 is 2.00 bits per heavy atom. The number of hydrogen-bond acceptors (Lipinski definition) is 6. The van der Waals surface area contributed by atoms with Crippen LogP contribution in [0.25, 0.3) is 0 Å². The van der Waals surface area contributed by atoms with Crippen LogP contribution in [0.15, 0.2) is 12.4 Å². The molecule has 0 aromatic carbocycles. The standard InChI is InChI=1S/C11H11N3O2S/c1-6-10(17-7(2)14-6)9(15)8-11(16-3)13-5-4-12-8/h4-5H,1-3H3. The van der Waals surface area contributed by atoms with Gasteiger partial charge in [0.05, 0.1) is 22.7 Å². The summed E-state index contributed by atoms with van der Waals surface area (Å²) < 4.78 is 5.02. The number of ketones is 1. The lowest BCUT2D eigenvalue weighted by molar-refractivity contribution is 0.103. The Hall–Kier alpha value is -1.82. The second-order valence-corrected chi connectivity index (χ2v) is 4.59. The number of rotatable bonds is 3. The normalized spacial score (nSPS) is 10.3. The molecule has 0 N–H and O–H groups in total. The molecule has 0 saturated carbocycles. The molecule has 0 aliphatic carbocycles. The van der Waals surface area contributed by atoms with Crippen LogP contribution in [0.2, 0.25) is 0 Å². The molecule has 5 nitrogen and oxygen atoms in total. The van der Waals surface area contributed by atoms with E-state index >= 15 is 0 Å². The van der Waals surface area contributed by atoms with Crippen LogP contribution >= 0.6 is 11.3 Å². The van der Waals surface area contributed by atoms with Crippen molar-refractivity contribution in [2.75, 3.05) is 7.11 Å². The van der Waals surface area contributed by atoms with Gasteiger partial charge in [0.1, 0.15) is 0 Å². The van der Waals surface area contributed by atoms with Crippen LogP contribution < -0.4 is 4.74 Å². The Morgan fingerprint density at radius 3 is 2.59 bits per heavy atom. The molecule has 0 saturated heterocycles. The lowest BCUT2D eigenvalue weighted by Crippen LogP contribution is -2.07. The third-order valence-electron chi connectivity index (χ3n) is 2.18. The monoisotopic (exact) mass is 249 g/mol. The van der Waals surface area contributed by atoms with Crippen LogP contribution in [0.3, 0.4) is 0 Å². The van der Waals surface area contributed by atoms with Crippen LogP contribution in [-0.4, -0.2) is 27.8 Å². The molecular weight excluding hydrogens is 238 g/mol. The molecule has 2 heterocycles. The van der Waals surface area contributed by atoms with Crippen LogP contribution in [0, 0.1) is 13.8 Å². The summed E-state index contributed by atoms with van der Waals surface area (Å²) in [6, 6.07) is 0. The van der Waals surface area contributed by atoms with E-state index in [4.69, 9.17) is 4.74 Å². The van der Waals surface area contributed by atoms with Crippen molar-refractivity contribution in [3.63, 3.8) is 0 Å². The number of thiazole rings is 1. The molecule has 2 rings (SSSR count). The van der Waals surface area contributed by atoms with Crippen molar-refractivity contribution in [3.05, 3.63) is 33.7 Å². The van der Waals surface area contributed by atoms with Gasteiger partial charge in [-0.05, 0) is 13.8 Å². The highest BCUT2D eigenvalue weighted by molar-refractivity contribution is 7.14. The first-order valence-corrected chi connectivity index (χ1v) is 5.79. The Labute approximate surface area is 103 Å². The van der Waals surface area contributed by atoms with Gasteiger partial charge in [-0.3, -0.25) is 4.79 Å². The Morgan fingerprint density at radius 1 is 1.29 bits per heavy atom. The number of aryl methyl sites for hydroxylation is 2. The fraction of sp³-hybridized carbons (Fsp3) is 0.273. The van der Waals surface area contributed by atoms with Crippen molar-refractivity contribution in [3.8, 4) is 5.88 Å². The van der Waals surface area contributed by atoms with Crippen molar-refractivity contribution < 1.29 is 9.53 Å². The van der Waals surface area contributed by atoms with Gasteiger partial charge in [0, 0.05) is 12.4 Å². The number of methoxy groups -OCH3 is 1. The second kappa shape index (κ2) is 4.58. The summed E-state index contributed by atoms with van der Waals surface area (Å²) >= 11 is 1.35. The minimum atomic E-state index is -0.196. The maximum absolute atomic E-state index is 12.2. The quantitative estimate of drug-likeness (QED) is 0.776. The number of carbonyl (C=O) groups is 1. The zero-order chi connectivity index (χ0) is 12.4. The summed E-state index contributed by atoms with van der Waals surface area (Å²) in [6.07, 6.45) is 2.96. The van der Waals surface area contributed by atoms with Crippen molar-refractivity contribution in [2.45, 2.75) is 13.8 Å². The van der Waals surface area contributed by atoms with Crippen molar-refractivity contribution >= 4 is 17.1 Å². The lowest BCUT2D eigenvalue weighted by atomic mass is 10.2. The molecule has 0 radical (unpaired) electrons. The first-order valence-electron chi connectivity index (χ1n) is 4.97. The fourth-order valence-corrected chi connectivity index (χ4v) is 2.34. The summed E-state index contributed by atoms with van der Waals surface area (Å²) in [5.41, 5.74) is 0.937. The summed E-state index contributed by atoms with van der Waals surface area (Å²) in [7, 11) is 1.46. The average molecular weight is 249 g/mol. The molecule has 6 heteroatoms.